The number of amides is 2. The van der Waals surface area contributed by atoms with Crippen molar-refractivity contribution < 1.29 is 27.5 Å². The molecule has 1 saturated heterocycles. The molecule has 148 valence electrons. The van der Waals surface area contributed by atoms with Crippen LogP contribution in [0.25, 0.3) is 6.08 Å². The number of rotatable bonds is 7. The van der Waals surface area contributed by atoms with Crippen LogP contribution < -0.4 is 20.3 Å². The molecule has 2 N–H and O–H groups in total. The Hall–Kier alpha value is -2.55. The third-order valence-electron chi connectivity index (χ3n) is 4.05. The normalized spacial score (nSPS) is 18.2. The second kappa shape index (κ2) is 9.40. The van der Waals surface area contributed by atoms with Crippen molar-refractivity contribution in [3.63, 3.8) is 0 Å². The largest absolute Gasteiger partial charge is 0.493 e. The predicted molar refractivity (Wildman–Crippen MR) is 101 cm³/mol. The fourth-order valence-corrected chi connectivity index (χ4v) is 4.63. The van der Waals surface area contributed by atoms with Crippen LogP contribution in [-0.2, 0) is 19.4 Å². The lowest BCUT2D eigenvalue weighted by Gasteiger charge is -2.12. The van der Waals surface area contributed by atoms with E-state index in [9.17, 15) is 18.0 Å². The number of methoxy groups -OCH3 is 1. The van der Waals surface area contributed by atoms with Crippen molar-refractivity contribution in [2.45, 2.75) is 19.8 Å². The zero-order chi connectivity index (χ0) is 19.9. The lowest BCUT2D eigenvalue weighted by atomic mass is 10.1. The van der Waals surface area contributed by atoms with Gasteiger partial charge in [-0.1, -0.05) is 18.2 Å². The minimum atomic E-state index is -3.03. The maximum absolute atomic E-state index is 11.8. The van der Waals surface area contributed by atoms with Crippen LogP contribution >= 0.6 is 0 Å². The van der Waals surface area contributed by atoms with Gasteiger partial charge in [-0.25, -0.2) is 8.42 Å². The highest BCUT2D eigenvalue weighted by molar-refractivity contribution is 7.91. The minimum Gasteiger partial charge on any atom is -0.493 e. The van der Waals surface area contributed by atoms with Crippen molar-refractivity contribution >= 4 is 27.7 Å². The van der Waals surface area contributed by atoms with E-state index in [-0.39, 0.29) is 30.5 Å². The zero-order valence-electron chi connectivity index (χ0n) is 15.4. The van der Waals surface area contributed by atoms with Gasteiger partial charge in [0.2, 0.25) is 5.91 Å². The molecule has 1 aromatic carbocycles. The summed E-state index contributed by atoms with van der Waals surface area (Å²) in [6.45, 7) is 1.60. The van der Waals surface area contributed by atoms with Gasteiger partial charge in [0.25, 0.3) is 5.91 Å². The summed E-state index contributed by atoms with van der Waals surface area (Å²) < 4.78 is 33.4. The number of carbonyl (C=O) groups is 2. The van der Waals surface area contributed by atoms with Gasteiger partial charge in [0, 0.05) is 6.42 Å². The van der Waals surface area contributed by atoms with Crippen LogP contribution in [0.15, 0.2) is 24.3 Å². The Morgan fingerprint density at radius 1 is 1.22 bits per heavy atom. The van der Waals surface area contributed by atoms with Crippen LogP contribution in [0.1, 0.15) is 25.3 Å². The third kappa shape index (κ3) is 6.59. The van der Waals surface area contributed by atoms with Gasteiger partial charge in [0.15, 0.2) is 27.9 Å². The topological polar surface area (TPSA) is 111 Å². The van der Waals surface area contributed by atoms with E-state index < -0.39 is 21.7 Å². The summed E-state index contributed by atoms with van der Waals surface area (Å²) in [6, 6.07) is 5.30. The van der Waals surface area contributed by atoms with E-state index in [1.165, 1.54) is 7.11 Å². The Morgan fingerprint density at radius 2 is 1.96 bits per heavy atom. The van der Waals surface area contributed by atoms with Gasteiger partial charge in [-0.3, -0.25) is 20.4 Å². The van der Waals surface area contributed by atoms with E-state index in [0.29, 0.717) is 17.9 Å². The highest BCUT2D eigenvalue weighted by Crippen LogP contribution is 2.28. The van der Waals surface area contributed by atoms with Crippen molar-refractivity contribution in [1.29, 1.82) is 0 Å². The van der Waals surface area contributed by atoms with Crippen molar-refractivity contribution in [2.24, 2.45) is 5.92 Å². The van der Waals surface area contributed by atoms with Gasteiger partial charge in [0.1, 0.15) is 0 Å². The van der Waals surface area contributed by atoms with E-state index in [2.05, 4.69) is 10.9 Å². The SMILES string of the molecule is C/C=C/c1ccc(OCC(=O)NNC(=O)C[C@H]2CCS(=O)(=O)C2)c(OC)c1. The molecule has 0 saturated carbocycles. The molecule has 1 heterocycles. The molecule has 8 nitrogen and oxygen atoms in total. The average molecular weight is 396 g/mol. The summed E-state index contributed by atoms with van der Waals surface area (Å²) in [5, 5.41) is 0. The summed E-state index contributed by atoms with van der Waals surface area (Å²) in [5.41, 5.74) is 5.46. The maximum atomic E-state index is 11.8. The molecule has 0 spiro atoms. The quantitative estimate of drug-likeness (QED) is 0.667. The smallest absolute Gasteiger partial charge is 0.276 e. The molecule has 1 aliphatic rings. The van der Waals surface area contributed by atoms with E-state index in [4.69, 9.17) is 9.47 Å². The van der Waals surface area contributed by atoms with Gasteiger partial charge in [-0.05, 0) is 37.0 Å². The second-order valence-electron chi connectivity index (χ2n) is 6.27. The number of allylic oxidation sites excluding steroid dienone is 1. The summed E-state index contributed by atoms with van der Waals surface area (Å²) >= 11 is 0. The van der Waals surface area contributed by atoms with Crippen LogP contribution in [0.5, 0.6) is 11.5 Å². The van der Waals surface area contributed by atoms with Crippen LogP contribution in [0.3, 0.4) is 0 Å². The number of hydrogen-bond acceptors (Lipinski definition) is 6. The van der Waals surface area contributed by atoms with Crippen LogP contribution in [0, 0.1) is 5.92 Å². The summed E-state index contributed by atoms with van der Waals surface area (Å²) in [5.74, 6) is -0.155. The average Bonchev–Trinajstić information content (AvgIpc) is 2.97. The molecule has 0 bridgehead atoms. The molecule has 1 aromatic rings. The summed E-state index contributed by atoms with van der Waals surface area (Å²) in [7, 11) is -1.52. The Morgan fingerprint density at radius 3 is 2.59 bits per heavy atom. The van der Waals surface area contributed by atoms with Gasteiger partial charge in [-0.15, -0.1) is 0 Å². The molecule has 0 aromatic heterocycles. The molecule has 1 fully saturated rings. The first-order valence-electron chi connectivity index (χ1n) is 8.54. The lowest BCUT2D eigenvalue weighted by Crippen LogP contribution is -2.44. The molecule has 2 amide bonds. The third-order valence-corrected chi connectivity index (χ3v) is 5.88. The number of ether oxygens (including phenoxy) is 2. The summed E-state index contributed by atoms with van der Waals surface area (Å²) in [6.07, 6.45) is 4.33. The monoisotopic (exact) mass is 396 g/mol. The zero-order valence-corrected chi connectivity index (χ0v) is 16.2. The van der Waals surface area contributed by atoms with Crippen molar-refractivity contribution in [2.75, 3.05) is 25.2 Å². The number of hydrogen-bond donors (Lipinski definition) is 2. The van der Waals surface area contributed by atoms with E-state index in [0.717, 1.165) is 5.56 Å². The molecule has 2 rings (SSSR count). The maximum Gasteiger partial charge on any atom is 0.276 e. The number of carbonyl (C=O) groups excluding carboxylic acids is 2. The van der Waals surface area contributed by atoms with Crippen molar-refractivity contribution in [3.8, 4) is 11.5 Å². The first kappa shape index (κ1) is 20.8. The number of hydrazine groups is 1. The molecule has 1 atom stereocenters. The Bertz CT molecular complexity index is 819. The molecular formula is C18H24N2O6S. The van der Waals surface area contributed by atoms with Gasteiger partial charge in [0.05, 0.1) is 18.6 Å². The number of nitrogens with one attached hydrogen (secondary N) is 2. The lowest BCUT2D eigenvalue weighted by molar-refractivity contribution is -0.130. The molecule has 9 heteroatoms. The Kier molecular flexibility index (Phi) is 7.23. The van der Waals surface area contributed by atoms with Crippen LogP contribution in [0.4, 0.5) is 0 Å². The molecule has 0 aliphatic carbocycles. The van der Waals surface area contributed by atoms with Gasteiger partial charge in [-0.2, -0.15) is 0 Å². The van der Waals surface area contributed by atoms with Crippen molar-refractivity contribution in [1.82, 2.24) is 10.9 Å². The molecule has 1 aliphatic heterocycles. The fraction of sp³-hybridized carbons (Fsp3) is 0.444. The van der Waals surface area contributed by atoms with E-state index >= 15 is 0 Å². The standard InChI is InChI=1S/C18H24N2O6S/c1-3-4-13-5-6-15(16(9-13)25-2)26-11-18(22)20-19-17(21)10-14-7-8-27(23,24)12-14/h3-6,9,14H,7-8,10-12H2,1-2H3,(H,19,21)(H,20,22)/b4-3+/t14-/m1/s1. The van der Waals surface area contributed by atoms with Crippen LogP contribution in [0.2, 0.25) is 0 Å². The van der Waals surface area contributed by atoms with E-state index in [1.807, 2.05) is 25.1 Å². The molecular weight excluding hydrogens is 372 g/mol. The Labute approximate surface area is 158 Å². The molecule has 0 radical (unpaired) electrons. The van der Waals surface area contributed by atoms with Gasteiger partial charge >= 0.3 is 0 Å². The first-order valence-corrected chi connectivity index (χ1v) is 10.4. The second-order valence-corrected chi connectivity index (χ2v) is 8.50. The van der Waals surface area contributed by atoms with E-state index in [1.54, 1.807) is 12.1 Å². The van der Waals surface area contributed by atoms with Crippen LogP contribution in [-0.4, -0.2) is 45.5 Å². The predicted octanol–water partition coefficient (Wildman–Crippen LogP) is 1.08. The van der Waals surface area contributed by atoms with Gasteiger partial charge < -0.3 is 9.47 Å². The highest BCUT2D eigenvalue weighted by Gasteiger charge is 2.29. The summed E-state index contributed by atoms with van der Waals surface area (Å²) in [4.78, 5) is 23.6. The fourth-order valence-electron chi connectivity index (χ4n) is 2.76. The van der Waals surface area contributed by atoms with Crippen molar-refractivity contribution in [3.05, 3.63) is 29.8 Å². The number of benzene rings is 1. The Balaban J connectivity index is 1.77. The first-order chi connectivity index (χ1) is 12.8. The minimum absolute atomic E-state index is 0.0144. The highest BCUT2D eigenvalue weighted by atomic mass is 32.2. The molecule has 0 unspecified atom stereocenters. The molecule has 27 heavy (non-hydrogen) atoms. The number of sulfone groups is 1.